The van der Waals surface area contributed by atoms with Crippen LogP contribution >= 0.6 is 15.6 Å². The van der Waals surface area contributed by atoms with Crippen LogP contribution in [-0.2, 0) is 65.4 Å². The van der Waals surface area contributed by atoms with E-state index < -0.39 is 97.5 Å². The largest absolute Gasteiger partial charge is 0.472 e. The molecule has 0 spiro atoms. The Labute approximate surface area is 498 Å². The third-order valence-corrected chi connectivity index (χ3v) is 16.4. The number of esters is 4. The van der Waals surface area contributed by atoms with E-state index in [0.717, 1.165) is 102 Å². The first kappa shape index (κ1) is 80.1. The number of phosphoric acid groups is 2. The Hall–Kier alpha value is -1.94. The molecule has 0 bridgehead atoms. The third-order valence-electron chi connectivity index (χ3n) is 14.5. The number of ether oxygens (including phenoxy) is 4. The molecule has 0 aliphatic rings. The maximum absolute atomic E-state index is 13.0. The van der Waals surface area contributed by atoms with E-state index in [1.807, 2.05) is 0 Å². The van der Waals surface area contributed by atoms with Crippen molar-refractivity contribution in [1.29, 1.82) is 0 Å². The molecule has 0 fully saturated rings. The molecule has 3 N–H and O–H groups in total. The van der Waals surface area contributed by atoms with E-state index in [0.29, 0.717) is 31.6 Å². The zero-order chi connectivity index (χ0) is 60.8. The van der Waals surface area contributed by atoms with Gasteiger partial charge in [0.2, 0.25) is 0 Å². The highest BCUT2D eigenvalue weighted by molar-refractivity contribution is 7.47. The molecule has 0 saturated carbocycles. The SMILES string of the molecule is CCCCCCCCCCCCCCCC(=O)OC[C@H](COP(=O)(O)OC[C@@H](O)COP(=O)(O)OC[C@@H](COC(=O)CCCCCCC)OC(=O)CCCCCCCCC(C)C)OC(=O)CCCCCCCCCCCCCCC(C)C. The van der Waals surface area contributed by atoms with E-state index in [1.165, 1.54) is 122 Å². The summed E-state index contributed by atoms with van der Waals surface area (Å²) in [6.45, 7) is 9.32. The van der Waals surface area contributed by atoms with Gasteiger partial charge < -0.3 is 33.8 Å². The first-order valence-corrected chi connectivity index (χ1v) is 36.0. The van der Waals surface area contributed by atoms with Gasteiger partial charge in [0.05, 0.1) is 26.4 Å². The third kappa shape index (κ3) is 57.2. The van der Waals surface area contributed by atoms with Crippen LogP contribution in [0.2, 0.25) is 0 Å². The van der Waals surface area contributed by atoms with Crippen LogP contribution in [0.15, 0.2) is 0 Å². The van der Waals surface area contributed by atoms with Crippen molar-refractivity contribution in [3.63, 3.8) is 0 Å². The van der Waals surface area contributed by atoms with Gasteiger partial charge in [-0.25, -0.2) is 9.13 Å². The molecule has 0 aromatic rings. The van der Waals surface area contributed by atoms with E-state index in [1.54, 1.807) is 0 Å². The Morgan fingerprint density at radius 3 is 0.829 bits per heavy atom. The summed E-state index contributed by atoms with van der Waals surface area (Å²) in [7, 11) is -9.88. The standard InChI is InChI=1S/C63H122O17P2/c1-7-9-11-13-14-15-16-17-21-24-27-34-40-46-61(66)74-52-59(79-62(67)47-41-35-28-25-22-19-18-20-23-26-32-37-43-55(3)4)54-78-82(71,72)76-50-57(64)49-75-81(69,70)77-53-58(51-73-60(65)45-39-31-12-10-8-2)80-63(68)48-42-36-30-29-33-38-44-56(5)6/h55-59,64H,7-54H2,1-6H3,(H,69,70)(H,71,72)/t57-,58+,59+/m0/s1. The van der Waals surface area contributed by atoms with Crippen LogP contribution in [0.5, 0.6) is 0 Å². The lowest BCUT2D eigenvalue weighted by Gasteiger charge is -2.21. The molecule has 0 aromatic heterocycles. The van der Waals surface area contributed by atoms with Crippen LogP contribution in [0.25, 0.3) is 0 Å². The second-order valence-corrected chi connectivity index (χ2v) is 26.7. The summed E-state index contributed by atoms with van der Waals surface area (Å²) in [6, 6.07) is 0. The van der Waals surface area contributed by atoms with Gasteiger partial charge in [0.15, 0.2) is 12.2 Å². The predicted molar refractivity (Wildman–Crippen MR) is 326 cm³/mol. The second kappa shape index (κ2) is 55.6. The molecule has 5 atom stereocenters. The Bertz CT molecular complexity index is 1620. The van der Waals surface area contributed by atoms with Crippen molar-refractivity contribution in [3.05, 3.63) is 0 Å². The van der Waals surface area contributed by atoms with Gasteiger partial charge in [0.1, 0.15) is 19.3 Å². The van der Waals surface area contributed by atoms with Crippen molar-refractivity contribution in [3.8, 4) is 0 Å². The number of aliphatic hydroxyl groups excluding tert-OH is 1. The van der Waals surface area contributed by atoms with Gasteiger partial charge in [-0.1, -0.05) is 260 Å². The zero-order valence-electron chi connectivity index (χ0n) is 52.8. The summed E-state index contributed by atoms with van der Waals surface area (Å²) in [6.07, 6.45) is 38.1. The molecule has 0 aromatic carbocycles. The molecule has 17 nitrogen and oxygen atoms in total. The van der Waals surface area contributed by atoms with Crippen molar-refractivity contribution in [2.24, 2.45) is 11.8 Å². The van der Waals surface area contributed by atoms with Crippen LogP contribution in [0.1, 0.15) is 311 Å². The minimum absolute atomic E-state index is 0.101. The number of unbranched alkanes of at least 4 members (excludes halogenated alkanes) is 32. The summed E-state index contributed by atoms with van der Waals surface area (Å²) in [5, 5.41) is 10.5. The fourth-order valence-corrected chi connectivity index (χ4v) is 10.9. The molecule has 19 heteroatoms. The average Bonchev–Trinajstić information content (AvgIpc) is 3.44. The molecule has 486 valence electrons. The molecule has 82 heavy (non-hydrogen) atoms. The zero-order valence-corrected chi connectivity index (χ0v) is 54.6. The summed E-state index contributed by atoms with van der Waals surface area (Å²) in [5.41, 5.74) is 0. The summed E-state index contributed by atoms with van der Waals surface area (Å²) < 4.78 is 67.7. The van der Waals surface area contributed by atoms with E-state index in [4.69, 9.17) is 37.0 Å². The number of rotatable bonds is 62. The van der Waals surface area contributed by atoms with Crippen molar-refractivity contribution >= 4 is 39.5 Å². The maximum Gasteiger partial charge on any atom is 0.472 e. The highest BCUT2D eigenvalue weighted by Crippen LogP contribution is 2.45. The minimum atomic E-state index is -4.94. The minimum Gasteiger partial charge on any atom is -0.462 e. The fraction of sp³-hybridized carbons (Fsp3) is 0.937. The van der Waals surface area contributed by atoms with Crippen molar-refractivity contribution in [1.82, 2.24) is 0 Å². The molecule has 2 unspecified atom stereocenters. The number of hydrogen-bond acceptors (Lipinski definition) is 15. The second-order valence-electron chi connectivity index (χ2n) is 23.7. The monoisotopic (exact) mass is 1210 g/mol. The molecule has 0 rings (SSSR count). The molecule has 0 aliphatic heterocycles. The van der Waals surface area contributed by atoms with Crippen LogP contribution in [0.4, 0.5) is 0 Å². The fourth-order valence-electron chi connectivity index (χ4n) is 9.35. The van der Waals surface area contributed by atoms with Gasteiger partial charge in [0.25, 0.3) is 0 Å². The normalized spacial score (nSPS) is 14.3. The summed E-state index contributed by atoms with van der Waals surface area (Å²) in [4.78, 5) is 71.9. The number of aliphatic hydroxyl groups is 1. The van der Waals surface area contributed by atoms with Crippen LogP contribution in [-0.4, -0.2) is 96.7 Å². The van der Waals surface area contributed by atoms with Crippen molar-refractivity contribution < 1.29 is 80.2 Å². The number of phosphoric ester groups is 2. The quantitative estimate of drug-likeness (QED) is 0.0222. The van der Waals surface area contributed by atoms with Gasteiger partial charge >= 0.3 is 39.5 Å². The summed E-state index contributed by atoms with van der Waals surface area (Å²) in [5.74, 6) is -0.702. The molecule has 0 aliphatic carbocycles. The molecule has 0 amide bonds. The first-order chi connectivity index (χ1) is 39.4. The topological polar surface area (TPSA) is 237 Å². The first-order valence-electron chi connectivity index (χ1n) is 33.0. The predicted octanol–water partition coefficient (Wildman–Crippen LogP) is 17.3. The Balaban J connectivity index is 5.17. The van der Waals surface area contributed by atoms with E-state index in [9.17, 15) is 43.2 Å². The van der Waals surface area contributed by atoms with Crippen molar-refractivity contribution in [2.75, 3.05) is 39.6 Å². The van der Waals surface area contributed by atoms with Crippen LogP contribution < -0.4 is 0 Å². The van der Waals surface area contributed by atoms with E-state index in [-0.39, 0.29) is 25.7 Å². The van der Waals surface area contributed by atoms with Crippen molar-refractivity contribution in [2.45, 2.75) is 330 Å². The number of hydrogen-bond donors (Lipinski definition) is 3. The molecule has 0 saturated heterocycles. The Morgan fingerprint density at radius 2 is 0.561 bits per heavy atom. The number of carbonyl (C=O) groups is 4. The molecular weight excluding hydrogens is 1090 g/mol. The van der Waals surface area contributed by atoms with Gasteiger partial charge in [0, 0.05) is 25.7 Å². The van der Waals surface area contributed by atoms with Gasteiger partial charge in [-0.2, -0.15) is 0 Å². The highest BCUT2D eigenvalue weighted by Gasteiger charge is 2.30. The highest BCUT2D eigenvalue weighted by atomic mass is 31.2. The lowest BCUT2D eigenvalue weighted by molar-refractivity contribution is -0.161. The molecule has 0 radical (unpaired) electrons. The Morgan fingerprint density at radius 1 is 0.329 bits per heavy atom. The maximum atomic E-state index is 13.0. The average molecular weight is 1210 g/mol. The van der Waals surface area contributed by atoms with Gasteiger partial charge in [-0.05, 0) is 37.5 Å². The van der Waals surface area contributed by atoms with Gasteiger partial charge in [-0.3, -0.25) is 37.3 Å². The van der Waals surface area contributed by atoms with E-state index in [2.05, 4.69) is 41.5 Å². The lowest BCUT2D eigenvalue weighted by atomic mass is 10.0. The van der Waals surface area contributed by atoms with Crippen LogP contribution in [0, 0.1) is 11.8 Å². The van der Waals surface area contributed by atoms with Crippen LogP contribution in [0.3, 0.4) is 0 Å². The molecule has 0 heterocycles. The lowest BCUT2D eigenvalue weighted by Crippen LogP contribution is -2.30. The molecular formula is C63H122O17P2. The number of carbonyl (C=O) groups excluding carboxylic acids is 4. The smallest absolute Gasteiger partial charge is 0.462 e. The van der Waals surface area contributed by atoms with E-state index >= 15 is 0 Å². The summed E-state index contributed by atoms with van der Waals surface area (Å²) >= 11 is 0. The van der Waals surface area contributed by atoms with Gasteiger partial charge in [-0.15, -0.1) is 0 Å². The Kier molecular flexibility index (Phi) is 54.3.